The lowest BCUT2D eigenvalue weighted by atomic mass is 9.91. The second-order valence-corrected chi connectivity index (χ2v) is 7.91. The van der Waals surface area contributed by atoms with Crippen molar-refractivity contribution in [2.45, 2.75) is 25.8 Å². The zero-order chi connectivity index (χ0) is 23.1. The second kappa shape index (κ2) is 10.7. The Morgan fingerprint density at radius 2 is 1.28 bits per heavy atom. The van der Waals surface area contributed by atoms with Crippen molar-refractivity contribution < 1.29 is 18.4 Å². The average molecular weight is 437 g/mol. The first-order valence-corrected chi connectivity index (χ1v) is 10.5. The molecule has 0 saturated heterocycles. The number of hydrogen-bond donors (Lipinski definition) is 2. The zero-order valence-corrected chi connectivity index (χ0v) is 18.0. The van der Waals surface area contributed by atoms with Crippen LogP contribution in [0.1, 0.15) is 41.3 Å². The monoisotopic (exact) mass is 436 g/mol. The molecule has 0 bridgehead atoms. The van der Waals surface area contributed by atoms with Crippen LogP contribution >= 0.6 is 0 Å². The van der Waals surface area contributed by atoms with E-state index in [1.54, 1.807) is 13.8 Å². The Morgan fingerprint density at radius 3 is 1.75 bits per heavy atom. The van der Waals surface area contributed by atoms with Gasteiger partial charge in [-0.3, -0.25) is 9.59 Å². The summed E-state index contributed by atoms with van der Waals surface area (Å²) in [7, 11) is 0. The first kappa shape index (κ1) is 23.1. The second-order valence-electron chi connectivity index (χ2n) is 7.91. The van der Waals surface area contributed by atoms with Crippen molar-refractivity contribution in [3.63, 3.8) is 0 Å². The summed E-state index contributed by atoms with van der Waals surface area (Å²) >= 11 is 0. The lowest BCUT2D eigenvalue weighted by Crippen LogP contribution is -2.50. The van der Waals surface area contributed by atoms with Gasteiger partial charge >= 0.3 is 0 Å². The Hall–Kier alpha value is -3.54. The van der Waals surface area contributed by atoms with Crippen molar-refractivity contribution in [3.8, 4) is 0 Å². The summed E-state index contributed by atoms with van der Waals surface area (Å²) in [5, 5.41) is 5.39. The molecule has 4 nitrogen and oxygen atoms in total. The van der Waals surface area contributed by atoms with Gasteiger partial charge in [-0.1, -0.05) is 80.6 Å². The third kappa shape index (κ3) is 5.58. The van der Waals surface area contributed by atoms with Crippen LogP contribution in [0.4, 0.5) is 8.78 Å². The van der Waals surface area contributed by atoms with Crippen molar-refractivity contribution in [1.82, 2.24) is 10.6 Å². The fourth-order valence-electron chi connectivity index (χ4n) is 3.57. The van der Waals surface area contributed by atoms with Crippen LogP contribution in [0.2, 0.25) is 0 Å². The molecule has 0 unspecified atom stereocenters. The molecule has 2 N–H and O–H groups in total. The first-order valence-electron chi connectivity index (χ1n) is 10.5. The van der Waals surface area contributed by atoms with Gasteiger partial charge in [0.15, 0.2) is 0 Å². The topological polar surface area (TPSA) is 58.2 Å². The highest BCUT2D eigenvalue weighted by molar-refractivity contribution is 5.98. The average Bonchev–Trinajstić information content (AvgIpc) is 2.78. The summed E-state index contributed by atoms with van der Waals surface area (Å²) < 4.78 is 28.0. The first-order chi connectivity index (χ1) is 15.4. The molecule has 3 aromatic rings. The molecule has 166 valence electrons. The normalized spacial score (nSPS) is 11.9. The van der Waals surface area contributed by atoms with Crippen molar-refractivity contribution in [2.24, 2.45) is 5.92 Å². The molecule has 3 aromatic carbocycles. The molecule has 0 aromatic heterocycles. The number of carbonyl (C=O) groups is 2. The van der Waals surface area contributed by atoms with Gasteiger partial charge in [0, 0.05) is 12.5 Å². The van der Waals surface area contributed by atoms with Crippen LogP contribution in [-0.4, -0.2) is 24.4 Å². The predicted octanol–water partition coefficient (Wildman–Crippen LogP) is 4.67. The maximum absolute atomic E-state index is 14.0. The minimum absolute atomic E-state index is 0.0890. The molecule has 0 saturated carbocycles. The summed E-state index contributed by atoms with van der Waals surface area (Å²) in [6.45, 7) is 3.82. The van der Waals surface area contributed by atoms with E-state index < -0.39 is 35.1 Å². The largest absolute Gasteiger partial charge is 0.353 e. The van der Waals surface area contributed by atoms with E-state index in [1.807, 2.05) is 60.7 Å². The molecular formula is C26H26F2N2O2. The summed E-state index contributed by atoms with van der Waals surface area (Å²) in [5.74, 6) is -3.70. The number of amides is 2. The van der Waals surface area contributed by atoms with Crippen LogP contribution in [0, 0.1) is 17.6 Å². The maximum Gasteiger partial charge on any atom is 0.257 e. The highest BCUT2D eigenvalue weighted by atomic mass is 19.1. The number of halogens is 2. The van der Waals surface area contributed by atoms with E-state index in [4.69, 9.17) is 0 Å². The van der Waals surface area contributed by atoms with Gasteiger partial charge in [0.25, 0.3) is 5.91 Å². The SMILES string of the molecule is CC(C)[C@H](NC(=O)c1c(F)cccc1F)C(=O)NCC(c1ccccc1)c1ccccc1. The van der Waals surface area contributed by atoms with Crippen molar-refractivity contribution in [3.05, 3.63) is 107 Å². The lowest BCUT2D eigenvalue weighted by Gasteiger charge is -2.24. The van der Waals surface area contributed by atoms with E-state index in [2.05, 4.69) is 10.6 Å². The molecule has 0 aliphatic heterocycles. The molecule has 0 aliphatic rings. The van der Waals surface area contributed by atoms with Crippen LogP contribution in [-0.2, 0) is 4.79 Å². The summed E-state index contributed by atoms with van der Waals surface area (Å²) in [5.41, 5.74) is 1.38. The number of nitrogens with one attached hydrogen (secondary N) is 2. The lowest BCUT2D eigenvalue weighted by molar-refractivity contribution is -0.123. The van der Waals surface area contributed by atoms with Crippen molar-refractivity contribution in [1.29, 1.82) is 0 Å². The Labute approximate surface area is 186 Å². The smallest absolute Gasteiger partial charge is 0.257 e. The third-order valence-electron chi connectivity index (χ3n) is 5.31. The molecule has 0 heterocycles. The van der Waals surface area contributed by atoms with Gasteiger partial charge in [-0.05, 0) is 29.2 Å². The molecule has 0 radical (unpaired) electrons. The predicted molar refractivity (Wildman–Crippen MR) is 120 cm³/mol. The summed E-state index contributed by atoms with van der Waals surface area (Å²) in [6, 6.07) is 21.8. The highest BCUT2D eigenvalue weighted by Gasteiger charge is 2.28. The van der Waals surface area contributed by atoms with Gasteiger partial charge in [-0.25, -0.2) is 8.78 Å². The van der Waals surface area contributed by atoms with E-state index in [-0.39, 0.29) is 11.8 Å². The quantitative estimate of drug-likeness (QED) is 0.539. The fourth-order valence-corrected chi connectivity index (χ4v) is 3.57. The molecular weight excluding hydrogens is 410 g/mol. The summed E-state index contributed by atoms with van der Waals surface area (Å²) in [6.07, 6.45) is 0. The number of benzene rings is 3. The molecule has 0 spiro atoms. The molecule has 3 rings (SSSR count). The van der Waals surface area contributed by atoms with Crippen LogP contribution in [0.15, 0.2) is 78.9 Å². The third-order valence-corrected chi connectivity index (χ3v) is 5.31. The standard InChI is InChI=1S/C26H26F2N2O2/c1-17(2)24(30-25(31)23-21(27)14-9-15-22(23)28)26(32)29-16-20(18-10-5-3-6-11-18)19-12-7-4-8-13-19/h3-15,17,20,24H,16H2,1-2H3,(H,29,32)(H,30,31)/t24-/m0/s1. The molecule has 0 fully saturated rings. The van der Waals surface area contributed by atoms with Crippen molar-refractivity contribution in [2.75, 3.05) is 6.54 Å². The molecule has 1 atom stereocenters. The van der Waals surface area contributed by atoms with Gasteiger partial charge in [-0.15, -0.1) is 0 Å². The van der Waals surface area contributed by atoms with E-state index in [1.165, 1.54) is 6.07 Å². The Morgan fingerprint density at radius 1 is 0.781 bits per heavy atom. The van der Waals surface area contributed by atoms with Gasteiger partial charge in [0.2, 0.25) is 5.91 Å². The van der Waals surface area contributed by atoms with E-state index in [9.17, 15) is 18.4 Å². The maximum atomic E-state index is 14.0. The minimum Gasteiger partial charge on any atom is -0.353 e. The Bertz CT molecular complexity index is 996. The van der Waals surface area contributed by atoms with E-state index >= 15 is 0 Å². The molecule has 32 heavy (non-hydrogen) atoms. The van der Waals surface area contributed by atoms with E-state index in [0.29, 0.717) is 6.54 Å². The number of rotatable bonds is 8. The van der Waals surface area contributed by atoms with Gasteiger partial charge in [0.1, 0.15) is 23.2 Å². The van der Waals surface area contributed by atoms with Gasteiger partial charge in [0.05, 0.1) is 0 Å². The minimum atomic E-state index is -0.973. The Kier molecular flexibility index (Phi) is 7.71. The van der Waals surface area contributed by atoms with Gasteiger partial charge < -0.3 is 10.6 Å². The van der Waals surface area contributed by atoms with Crippen LogP contribution in [0.5, 0.6) is 0 Å². The molecule has 6 heteroatoms. The van der Waals surface area contributed by atoms with Crippen LogP contribution in [0.3, 0.4) is 0 Å². The van der Waals surface area contributed by atoms with Crippen LogP contribution < -0.4 is 10.6 Å². The van der Waals surface area contributed by atoms with Crippen molar-refractivity contribution >= 4 is 11.8 Å². The zero-order valence-electron chi connectivity index (χ0n) is 18.0. The number of carbonyl (C=O) groups excluding carboxylic acids is 2. The fraction of sp³-hybridized carbons (Fsp3) is 0.231. The van der Waals surface area contributed by atoms with E-state index in [0.717, 1.165) is 23.3 Å². The Balaban J connectivity index is 1.75. The summed E-state index contributed by atoms with van der Waals surface area (Å²) in [4.78, 5) is 25.5. The molecule has 2 amide bonds. The van der Waals surface area contributed by atoms with Gasteiger partial charge in [-0.2, -0.15) is 0 Å². The van der Waals surface area contributed by atoms with Crippen LogP contribution in [0.25, 0.3) is 0 Å². The highest BCUT2D eigenvalue weighted by Crippen LogP contribution is 2.24. The number of hydrogen-bond acceptors (Lipinski definition) is 2. The molecule has 0 aliphatic carbocycles.